The van der Waals surface area contributed by atoms with Crippen molar-refractivity contribution in [1.82, 2.24) is 4.57 Å². The molecule has 1 aliphatic carbocycles. The van der Waals surface area contributed by atoms with Gasteiger partial charge in [-0.05, 0) is 31.7 Å². The average molecular weight is 246 g/mol. The van der Waals surface area contributed by atoms with Gasteiger partial charge in [0.15, 0.2) is 0 Å². The molecule has 0 aromatic carbocycles. The fraction of sp³-hybridized carbons (Fsp3) is 0.667. The number of nitrogens with zero attached hydrogens (tertiary/aromatic N) is 1. The highest BCUT2D eigenvalue weighted by atomic mass is 35.5. The van der Waals surface area contributed by atoms with Gasteiger partial charge in [0.2, 0.25) is 0 Å². The normalized spacial score (nSPS) is 18.3. The highest BCUT2D eigenvalue weighted by Crippen LogP contribution is 2.30. The second-order valence-corrected chi connectivity index (χ2v) is 5.30. The SMILES string of the molecule is Cc1cc(Cl)c(Cl)n1CC1CCCCC1. The topological polar surface area (TPSA) is 4.93 Å². The average Bonchev–Trinajstić information content (AvgIpc) is 2.47. The first-order valence-electron chi connectivity index (χ1n) is 5.69. The third kappa shape index (κ3) is 2.51. The Morgan fingerprint density at radius 1 is 1.27 bits per heavy atom. The number of hydrogen-bond acceptors (Lipinski definition) is 0. The Bertz CT molecular complexity index is 338. The summed E-state index contributed by atoms with van der Waals surface area (Å²) in [6, 6.07) is 1.95. The predicted molar refractivity (Wildman–Crippen MR) is 65.8 cm³/mol. The van der Waals surface area contributed by atoms with E-state index in [0.717, 1.165) is 12.5 Å². The summed E-state index contributed by atoms with van der Waals surface area (Å²) in [6.07, 6.45) is 6.82. The van der Waals surface area contributed by atoms with Crippen LogP contribution in [0, 0.1) is 12.8 Å². The molecule has 0 saturated heterocycles. The van der Waals surface area contributed by atoms with Gasteiger partial charge < -0.3 is 4.57 Å². The first-order chi connectivity index (χ1) is 7.18. The molecule has 0 radical (unpaired) electrons. The summed E-state index contributed by atoms with van der Waals surface area (Å²) in [5, 5.41) is 1.39. The number of aromatic nitrogens is 1. The van der Waals surface area contributed by atoms with E-state index in [-0.39, 0.29) is 0 Å². The van der Waals surface area contributed by atoms with E-state index < -0.39 is 0 Å². The molecule has 84 valence electrons. The Hall–Kier alpha value is -0.140. The summed E-state index contributed by atoms with van der Waals surface area (Å²) < 4.78 is 2.15. The molecule has 3 heteroatoms. The van der Waals surface area contributed by atoms with Crippen LogP contribution < -0.4 is 0 Å². The number of rotatable bonds is 2. The van der Waals surface area contributed by atoms with Gasteiger partial charge in [0, 0.05) is 12.2 Å². The molecule has 1 heterocycles. The van der Waals surface area contributed by atoms with Crippen LogP contribution in [-0.4, -0.2) is 4.57 Å². The van der Waals surface area contributed by atoms with Gasteiger partial charge >= 0.3 is 0 Å². The molecule has 1 aromatic heterocycles. The minimum absolute atomic E-state index is 0.685. The van der Waals surface area contributed by atoms with Crippen molar-refractivity contribution < 1.29 is 0 Å². The first kappa shape index (κ1) is 11.3. The van der Waals surface area contributed by atoms with E-state index in [1.807, 2.05) is 6.07 Å². The van der Waals surface area contributed by atoms with E-state index in [2.05, 4.69) is 11.5 Å². The van der Waals surface area contributed by atoms with Crippen LogP contribution in [0.4, 0.5) is 0 Å². The van der Waals surface area contributed by atoms with Gasteiger partial charge in [-0.3, -0.25) is 0 Å². The molecule has 1 saturated carbocycles. The fourth-order valence-corrected chi connectivity index (χ4v) is 2.97. The molecule has 0 bridgehead atoms. The molecule has 0 N–H and O–H groups in total. The van der Waals surface area contributed by atoms with E-state index >= 15 is 0 Å². The minimum atomic E-state index is 0.685. The Balaban J connectivity index is 2.09. The predicted octanol–water partition coefficient (Wildman–Crippen LogP) is 4.68. The lowest BCUT2D eigenvalue weighted by molar-refractivity contribution is 0.318. The zero-order valence-corrected chi connectivity index (χ0v) is 10.6. The van der Waals surface area contributed by atoms with E-state index in [4.69, 9.17) is 23.2 Å². The van der Waals surface area contributed by atoms with Crippen molar-refractivity contribution in [3.8, 4) is 0 Å². The van der Waals surface area contributed by atoms with E-state index in [9.17, 15) is 0 Å². The molecule has 2 rings (SSSR count). The smallest absolute Gasteiger partial charge is 0.127 e. The Morgan fingerprint density at radius 3 is 2.47 bits per heavy atom. The van der Waals surface area contributed by atoms with Crippen molar-refractivity contribution >= 4 is 23.2 Å². The van der Waals surface area contributed by atoms with Gasteiger partial charge in [0.1, 0.15) is 5.15 Å². The molecule has 1 aliphatic rings. The Kier molecular flexibility index (Phi) is 3.63. The van der Waals surface area contributed by atoms with Gasteiger partial charge in [-0.1, -0.05) is 42.5 Å². The van der Waals surface area contributed by atoms with Crippen molar-refractivity contribution in [3.63, 3.8) is 0 Å². The summed E-state index contributed by atoms with van der Waals surface area (Å²) in [4.78, 5) is 0. The lowest BCUT2D eigenvalue weighted by Crippen LogP contribution is -2.14. The van der Waals surface area contributed by atoms with Crippen molar-refractivity contribution in [2.75, 3.05) is 0 Å². The van der Waals surface area contributed by atoms with Gasteiger partial charge in [0.05, 0.1) is 5.02 Å². The highest BCUT2D eigenvalue weighted by molar-refractivity contribution is 6.41. The van der Waals surface area contributed by atoms with E-state index in [1.165, 1.54) is 37.8 Å². The second-order valence-electron chi connectivity index (χ2n) is 4.54. The van der Waals surface area contributed by atoms with E-state index in [0.29, 0.717) is 10.2 Å². The van der Waals surface area contributed by atoms with Crippen LogP contribution in [0.5, 0.6) is 0 Å². The Morgan fingerprint density at radius 2 is 1.93 bits per heavy atom. The lowest BCUT2D eigenvalue weighted by atomic mass is 9.89. The summed E-state index contributed by atoms with van der Waals surface area (Å²) in [5.74, 6) is 0.790. The van der Waals surface area contributed by atoms with Crippen LogP contribution >= 0.6 is 23.2 Å². The number of aryl methyl sites for hydroxylation is 1. The molecule has 15 heavy (non-hydrogen) atoms. The number of halogens is 2. The third-order valence-corrected chi connectivity index (χ3v) is 4.15. The third-order valence-electron chi connectivity index (χ3n) is 3.36. The monoisotopic (exact) mass is 245 g/mol. The summed E-state index contributed by atoms with van der Waals surface area (Å²) in [7, 11) is 0. The van der Waals surface area contributed by atoms with Gasteiger partial charge in [-0.25, -0.2) is 0 Å². The molecular weight excluding hydrogens is 229 g/mol. The Labute approximate surface area is 101 Å². The molecule has 1 nitrogen and oxygen atoms in total. The van der Waals surface area contributed by atoms with Crippen LogP contribution in [0.2, 0.25) is 10.2 Å². The largest absolute Gasteiger partial charge is 0.335 e. The van der Waals surface area contributed by atoms with Gasteiger partial charge in [-0.2, -0.15) is 0 Å². The summed E-state index contributed by atoms with van der Waals surface area (Å²) in [6.45, 7) is 3.11. The quantitative estimate of drug-likeness (QED) is 0.713. The van der Waals surface area contributed by atoms with Crippen molar-refractivity contribution in [2.45, 2.75) is 45.6 Å². The van der Waals surface area contributed by atoms with Crippen LogP contribution in [0.15, 0.2) is 6.07 Å². The molecule has 0 unspecified atom stereocenters. The second kappa shape index (κ2) is 4.80. The molecule has 0 spiro atoms. The van der Waals surface area contributed by atoms with Crippen LogP contribution in [0.1, 0.15) is 37.8 Å². The van der Waals surface area contributed by atoms with Gasteiger partial charge in [0.25, 0.3) is 0 Å². The molecule has 0 aliphatic heterocycles. The van der Waals surface area contributed by atoms with E-state index in [1.54, 1.807) is 0 Å². The van der Waals surface area contributed by atoms with Crippen LogP contribution in [0.25, 0.3) is 0 Å². The maximum atomic E-state index is 6.16. The van der Waals surface area contributed by atoms with Gasteiger partial charge in [-0.15, -0.1) is 0 Å². The molecule has 1 aromatic rings. The fourth-order valence-electron chi connectivity index (χ4n) is 2.46. The standard InChI is InChI=1S/C12H17Cl2N/c1-9-7-11(13)12(14)15(9)8-10-5-3-2-4-6-10/h7,10H,2-6,8H2,1H3. The highest BCUT2D eigenvalue weighted by Gasteiger charge is 2.17. The van der Waals surface area contributed by atoms with Crippen molar-refractivity contribution in [1.29, 1.82) is 0 Å². The van der Waals surface area contributed by atoms with Crippen LogP contribution in [-0.2, 0) is 6.54 Å². The van der Waals surface area contributed by atoms with Crippen molar-refractivity contribution in [2.24, 2.45) is 5.92 Å². The molecule has 0 amide bonds. The summed E-state index contributed by atoms with van der Waals surface area (Å²) >= 11 is 12.2. The summed E-state index contributed by atoms with van der Waals surface area (Å²) in [5.41, 5.74) is 1.18. The zero-order valence-electron chi connectivity index (χ0n) is 9.10. The minimum Gasteiger partial charge on any atom is -0.335 e. The molecular formula is C12H17Cl2N. The van der Waals surface area contributed by atoms with Crippen LogP contribution in [0.3, 0.4) is 0 Å². The van der Waals surface area contributed by atoms with Crippen molar-refractivity contribution in [3.05, 3.63) is 21.9 Å². The zero-order chi connectivity index (χ0) is 10.8. The molecule has 0 atom stereocenters. The maximum absolute atomic E-state index is 6.16. The number of hydrogen-bond donors (Lipinski definition) is 0. The molecule has 1 fully saturated rings. The maximum Gasteiger partial charge on any atom is 0.127 e. The first-order valence-corrected chi connectivity index (χ1v) is 6.45. The lowest BCUT2D eigenvalue weighted by Gasteiger charge is -2.23.